The van der Waals surface area contributed by atoms with E-state index in [2.05, 4.69) is 41.7 Å². The molecule has 1 N–H and O–H groups in total. The molecule has 0 unspecified atom stereocenters. The van der Waals surface area contributed by atoms with Gasteiger partial charge in [0.25, 0.3) is 5.91 Å². The van der Waals surface area contributed by atoms with E-state index in [1.54, 1.807) is 24.3 Å². The molecule has 0 fully saturated rings. The average Bonchev–Trinajstić information content (AvgIpc) is 3.13. The summed E-state index contributed by atoms with van der Waals surface area (Å²) in [7, 11) is 0. The molecule has 0 aliphatic carbocycles. The van der Waals surface area contributed by atoms with Crippen LogP contribution in [-0.4, -0.2) is 17.6 Å². The zero-order valence-electron chi connectivity index (χ0n) is 15.4. The molecule has 0 aliphatic rings. The molecule has 140 valence electrons. The molecule has 0 saturated carbocycles. The summed E-state index contributed by atoms with van der Waals surface area (Å²) >= 11 is 5.96. The highest BCUT2D eigenvalue weighted by atomic mass is 35.5. The Morgan fingerprint density at radius 2 is 1.79 bits per heavy atom. The Balaban J connectivity index is 1.50. The zero-order chi connectivity index (χ0) is 19.5. The van der Waals surface area contributed by atoms with E-state index >= 15 is 0 Å². The standard InChI is InChI=1S/C23H19ClN2O2/c1-15-2-4-16(5-3-15)12-13-25-23(27)18-8-11-21-20(14-18)22(28-26-21)17-6-9-19(24)10-7-17/h2-11,14H,12-13H2,1H3,(H,25,27). The minimum atomic E-state index is -0.114. The normalized spacial score (nSPS) is 10.9. The van der Waals surface area contributed by atoms with E-state index in [0.29, 0.717) is 28.4 Å². The molecule has 1 aromatic heterocycles. The van der Waals surface area contributed by atoms with Gasteiger partial charge in [0, 0.05) is 22.7 Å². The second-order valence-electron chi connectivity index (χ2n) is 6.74. The monoisotopic (exact) mass is 390 g/mol. The van der Waals surface area contributed by atoms with Gasteiger partial charge in [0.2, 0.25) is 0 Å². The van der Waals surface area contributed by atoms with Crippen molar-refractivity contribution in [2.75, 3.05) is 6.54 Å². The van der Waals surface area contributed by atoms with Gasteiger partial charge >= 0.3 is 0 Å². The summed E-state index contributed by atoms with van der Waals surface area (Å²) in [5, 5.41) is 8.52. The number of nitrogens with zero attached hydrogens (tertiary/aromatic N) is 1. The van der Waals surface area contributed by atoms with Gasteiger partial charge in [-0.05, 0) is 61.4 Å². The molecule has 5 heteroatoms. The Labute approximate surface area is 168 Å². The van der Waals surface area contributed by atoms with Crippen molar-refractivity contribution >= 4 is 28.4 Å². The maximum Gasteiger partial charge on any atom is 0.251 e. The molecule has 1 heterocycles. The molecular weight excluding hydrogens is 372 g/mol. The third kappa shape index (κ3) is 3.92. The van der Waals surface area contributed by atoms with Gasteiger partial charge in [0.05, 0.1) is 5.39 Å². The summed E-state index contributed by atoms with van der Waals surface area (Å²) in [6.45, 7) is 2.64. The number of aryl methyl sites for hydroxylation is 1. The van der Waals surface area contributed by atoms with E-state index < -0.39 is 0 Å². The lowest BCUT2D eigenvalue weighted by atomic mass is 10.1. The van der Waals surface area contributed by atoms with Gasteiger partial charge in [-0.1, -0.05) is 46.6 Å². The molecule has 0 radical (unpaired) electrons. The maximum absolute atomic E-state index is 12.6. The van der Waals surface area contributed by atoms with Gasteiger partial charge in [-0.2, -0.15) is 0 Å². The topological polar surface area (TPSA) is 55.1 Å². The van der Waals surface area contributed by atoms with Gasteiger partial charge in [0.15, 0.2) is 5.76 Å². The van der Waals surface area contributed by atoms with Gasteiger partial charge < -0.3 is 9.84 Å². The molecule has 4 rings (SSSR count). The Morgan fingerprint density at radius 3 is 2.54 bits per heavy atom. The third-order valence-corrected chi connectivity index (χ3v) is 4.92. The SMILES string of the molecule is Cc1ccc(CCNC(=O)c2ccc3noc(-c4ccc(Cl)cc4)c3c2)cc1. The molecule has 0 bridgehead atoms. The molecule has 28 heavy (non-hydrogen) atoms. The van der Waals surface area contributed by atoms with Crippen LogP contribution < -0.4 is 5.32 Å². The number of hydrogen-bond acceptors (Lipinski definition) is 3. The second kappa shape index (κ2) is 7.87. The third-order valence-electron chi connectivity index (χ3n) is 4.66. The fraction of sp³-hybridized carbons (Fsp3) is 0.130. The fourth-order valence-corrected chi connectivity index (χ4v) is 3.20. The minimum Gasteiger partial charge on any atom is -0.355 e. The van der Waals surface area contributed by atoms with E-state index in [1.165, 1.54) is 11.1 Å². The van der Waals surface area contributed by atoms with Crippen LogP contribution in [0.15, 0.2) is 71.3 Å². The van der Waals surface area contributed by atoms with E-state index in [4.69, 9.17) is 16.1 Å². The first-order valence-corrected chi connectivity index (χ1v) is 9.47. The largest absolute Gasteiger partial charge is 0.355 e. The zero-order valence-corrected chi connectivity index (χ0v) is 16.2. The average molecular weight is 391 g/mol. The molecule has 0 atom stereocenters. The highest BCUT2D eigenvalue weighted by molar-refractivity contribution is 6.30. The lowest BCUT2D eigenvalue weighted by molar-refractivity contribution is 0.0954. The lowest BCUT2D eigenvalue weighted by Gasteiger charge is -2.06. The molecule has 0 spiro atoms. The van der Waals surface area contributed by atoms with Crippen LogP contribution in [-0.2, 0) is 6.42 Å². The van der Waals surface area contributed by atoms with Crippen molar-refractivity contribution in [2.24, 2.45) is 0 Å². The van der Waals surface area contributed by atoms with Crippen molar-refractivity contribution in [3.05, 3.63) is 88.4 Å². The maximum atomic E-state index is 12.6. The fourth-order valence-electron chi connectivity index (χ4n) is 3.07. The first-order chi connectivity index (χ1) is 13.6. The van der Waals surface area contributed by atoms with Crippen molar-refractivity contribution in [3.63, 3.8) is 0 Å². The second-order valence-corrected chi connectivity index (χ2v) is 7.18. The van der Waals surface area contributed by atoms with Gasteiger partial charge in [-0.25, -0.2) is 0 Å². The number of fused-ring (bicyclic) bond motifs is 1. The van der Waals surface area contributed by atoms with E-state index in [1.807, 2.05) is 18.2 Å². The number of carbonyl (C=O) groups excluding carboxylic acids is 1. The van der Waals surface area contributed by atoms with Gasteiger partial charge in [-0.15, -0.1) is 0 Å². The molecular formula is C23H19ClN2O2. The molecule has 4 nitrogen and oxygen atoms in total. The van der Waals surface area contributed by atoms with Crippen LogP contribution in [0.4, 0.5) is 0 Å². The van der Waals surface area contributed by atoms with Crippen molar-refractivity contribution in [3.8, 4) is 11.3 Å². The highest BCUT2D eigenvalue weighted by Gasteiger charge is 2.14. The van der Waals surface area contributed by atoms with Crippen LogP contribution in [0.25, 0.3) is 22.2 Å². The van der Waals surface area contributed by atoms with E-state index in [9.17, 15) is 4.79 Å². The highest BCUT2D eigenvalue weighted by Crippen LogP contribution is 2.30. The Bertz CT molecular complexity index is 1120. The lowest BCUT2D eigenvalue weighted by Crippen LogP contribution is -2.25. The van der Waals surface area contributed by atoms with Gasteiger partial charge in [0.1, 0.15) is 5.52 Å². The van der Waals surface area contributed by atoms with Crippen LogP contribution in [0.2, 0.25) is 5.02 Å². The molecule has 1 amide bonds. The molecule has 0 saturated heterocycles. The Kier molecular flexibility index (Phi) is 5.13. The van der Waals surface area contributed by atoms with Crippen molar-refractivity contribution in [1.29, 1.82) is 0 Å². The van der Waals surface area contributed by atoms with Crippen LogP contribution >= 0.6 is 11.6 Å². The summed E-state index contributed by atoms with van der Waals surface area (Å²) in [5.74, 6) is 0.512. The van der Waals surface area contributed by atoms with Crippen molar-refractivity contribution < 1.29 is 9.32 Å². The number of hydrogen-bond donors (Lipinski definition) is 1. The summed E-state index contributed by atoms with van der Waals surface area (Å²) in [4.78, 5) is 12.6. The first-order valence-electron chi connectivity index (χ1n) is 9.09. The minimum absolute atomic E-state index is 0.114. The van der Waals surface area contributed by atoms with Crippen LogP contribution in [0.3, 0.4) is 0 Å². The number of halogens is 1. The van der Waals surface area contributed by atoms with Crippen molar-refractivity contribution in [1.82, 2.24) is 10.5 Å². The summed E-state index contributed by atoms with van der Waals surface area (Å²) in [6.07, 6.45) is 0.789. The summed E-state index contributed by atoms with van der Waals surface area (Å²) in [5.41, 5.74) is 4.58. The summed E-state index contributed by atoms with van der Waals surface area (Å²) in [6, 6.07) is 21.0. The number of nitrogens with one attached hydrogen (secondary N) is 1. The van der Waals surface area contributed by atoms with Crippen LogP contribution in [0.5, 0.6) is 0 Å². The van der Waals surface area contributed by atoms with Crippen molar-refractivity contribution in [2.45, 2.75) is 13.3 Å². The smallest absolute Gasteiger partial charge is 0.251 e. The van der Waals surface area contributed by atoms with E-state index in [0.717, 1.165) is 17.4 Å². The number of carbonyl (C=O) groups is 1. The molecule has 0 aliphatic heterocycles. The Morgan fingerprint density at radius 1 is 1.04 bits per heavy atom. The Hall–Kier alpha value is -3.11. The van der Waals surface area contributed by atoms with Gasteiger partial charge in [-0.3, -0.25) is 4.79 Å². The number of benzene rings is 3. The predicted octanol–water partition coefficient (Wildman–Crippen LogP) is 5.43. The number of aromatic nitrogens is 1. The van der Waals surface area contributed by atoms with Crippen LogP contribution in [0.1, 0.15) is 21.5 Å². The number of amides is 1. The molecule has 3 aromatic carbocycles. The van der Waals surface area contributed by atoms with E-state index in [-0.39, 0.29) is 5.91 Å². The number of rotatable bonds is 5. The summed E-state index contributed by atoms with van der Waals surface area (Å²) < 4.78 is 5.50. The first kappa shape index (κ1) is 18.3. The quantitative estimate of drug-likeness (QED) is 0.494. The molecule has 4 aromatic rings. The van der Waals surface area contributed by atoms with Crippen LogP contribution in [0, 0.1) is 6.92 Å². The predicted molar refractivity (Wildman–Crippen MR) is 112 cm³/mol.